The van der Waals surface area contributed by atoms with E-state index in [1.165, 1.54) is 4.68 Å². The largest absolute Gasteiger partial charge is 0.318 e. The van der Waals surface area contributed by atoms with E-state index in [0.717, 1.165) is 37.7 Å². The molecule has 2 aromatic carbocycles. The van der Waals surface area contributed by atoms with E-state index in [1.807, 2.05) is 65.8 Å². The highest BCUT2D eigenvalue weighted by Crippen LogP contribution is 2.27. The molecule has 0 amide bonds. The average molecular weight is 526 g/mol. The van der Waals surface area contributed by atoms with Crippen molar-refractivity contribution in [2.45, 2.75) is 47.0 Å². The van der Waals surface area contributed by atoms with Crippen LogP contribution >= 0.6 is 27.5 Å². The molecular weight excluding hydrogens is 500 g/mol. The topological polar surface area (TPSA) is 52.2 Å². The van der Waals surface area contributed by atoms with Crippen molar-refractivity contribution in [2.75, 3.05) is 0 Å². The Balaban J connectivity index is 1.88. The Hall–Kier alpha value is -2.70. The van der Waals surface area contributed by atoms with Gasteiger partial charge in [-0.05, 0) is 62.7 Å². The van der Waals surface area contributed by atoms with Gasteiger partial charge in [-0.2, -0.15) is 9.78 Å². The highest BCUT2D eigenvalue weighted by atomic mass is 79.9. The van der Waals surface area contributed by atoms with Crippen molar-refractivity contribution in [2.24, 2.45) is 5.10 Å². The average Bonchev–Trinajstić information content (AvgIpc) is 3.02. The van der Waals surface area contributed by atoms with Gasteiger partial charge in [0.15, 0.2) is 0 Å². The monoisotopic (exact) mass is 524 g/mol. The van der Waals surface area contributed by atoms with E-state index in [4.69, 9.17) is 16.6 Å². The number of hydrogen-bond acceptors (Lipinski definition) is 3. The van der Waals surface area contributed by atoms with Crippen LogP contribution in [0.2, 0.25) is 5.02 Å². The third kappa shape index (κ3) is 4.30. The number of benzene rings is 2. The highest BCUT2D eigenvalue weighted by molar-refractivity contribution is 9.10. The Kier molecular flexibility index (Phi) is 6.10. The molecule has 0 aliphatic heterocycles. The first-order chi connectivity index (χ1) is 15.5. The molecule has 4 aromatic rings. The van der Waals surface area contributed by atoms with Gasteiger partial charge in [-0.25, -0.2) is 4.98 Å². The summed E-state index contributed by atoms with van der Waals surface area (Å²) in [4.78, 5) is 18.2. The quantitative estimate of drug-likeness (QED) is 0.279. The number of nitrogens with zero attached hydrogens (tertiary/aromatic N) is 4. The molecule has 0 saturated heterocycles. The van der Waals surface area contributed by atoms with Crippen LogP contribution in [-0.2, 0) is 5.41 Å². The lowest BCUT2D eigenvalue weighted by Gasteiger charge is -2.20. The molecule has 5 nitrogen and oxygen atoms in total. The van der Waals surface area contributed by atoms with Crippen molar-refractivity contribution >= 4 is 44.6 Å². The van der Waals surface area contributed by atoms with E-state index in [9.17, 15) is 4.79 Å². The second-order valence-electron chi connectivity index (χ2n) is 9.25. The van der Waals surface area contributed by atoms with E-state index < -0.39 is 0 Å². The van der Waals surface area contributed by atoms with Gasteiger partial charge < -0.3 is 4.57 Å². The van der Waals surface area contributed by atoms with Crippen LogP contribution in [0.4, 0.5) is 0 Å². The molecule has 2 heterocycles. The minimum Gasteiger partial charge on any atom is -0.318 e. The molecule has 2 aromatic heterocycles. The summed E-state index contributed by atoms with van der Waals surface area (Å²) < 4.78 is 4.41. The lowest BCUT2D eigenvalue weighted by molar-refractivity contribution is 0.506. The Morgan fingerprint density at radius 2 is 1.82 bits per heavy atom. The highest BCUT2D eigenvalue weighted by Gasteiger charge is 2.23. The maximum Gasteiger partial charge on any atom is 0.282 e. The first kappa shape index (κ1) is 23.5. The van der Waals surface area contributed by atoms with E-state index in [2.05, 4.69) is 37.7 Å². The normalized spacial score (nSPS) is 12.2. The molecule has 0 atom stereocenters. The minimum atomic E-state index is -0.368. The van der Waals surface area contributed by atoms with Crippen LogP contribution in [0.5, 0.6) is 0 Å². The fourth-order valence-electron chi connectivity index (χ4n) is 3.99. The summed E-state index contributed by atoms with van der Waals surface area (Å²) in [6.07, 6.45) is 1.74. The zero-order valence-corrected chi connectivity index (χ0v) is 21.9. The summed E-state index contributed by atoms with van der Waals surface area (Å²) in [5, 5.41) is 5.88. The van der Waals surface area contributed by atoms with Crippen LogP contribution in [-0.4, -0.2) is 20.4 Å². The van der Waals surface area contributed by atoms with Crippen molar-refractivity contribution in [1.29, 1.82) is 0 Å². The molecule has 0 spiro atoms. The van der Waals surface area contributed by atoms with Gasteiger partial charge >= 0.3 is 0 Å². The van der Waals surface area contributed by atoms with Gasteiger partial charge in [0.2, 0.25) is 0 Å². The number of aromatic nitrogens is 3. The van der Waals surface area contributed by atoms with E-state index in [1.54, 1.807) is 12.3 Å². The summed E-state index contributed by atoms with van der Waals surface area (Å²) >= 11 is 9.82. The van der Waals surface area contributed by atoms with Crippen LogP contribution in [0.15, 0.2) is 56.8 Å². The molecule has 7 heteroatoms. The second kappa shape index (κ2) is 8.58. The lowest BCUT2D eigenvalue weighted by Crippen LogP contribution is -2.29. The van der Waals surface area contributed by atoms with Gasteiger partial charge in [0.1, 0.15) is 5.82 Å². The molecule has 0 radical (unpaired) electrons. The number of hydrogen-bond donors (Lipinski definition) is 0. The fraction of sp³-hybridized carbons (Fsp3) is 0.269. The van der Waals surface area contributed by atoms with Gasteiger partial charge in [-0.3, -0.25) is 4.79 Å². The molecule has 4 rings (SSSR count). The zero-order chi connectivity index (χ0) is 24.1. The number of fused-ring (bicyclic) bond motifs is 1. The molecule has 0 saturated carbocycles. The Labute approximate surface area is 206 Å². The molecule has 0 aliphatic carbocycles. The Morgan fingerprint density at radius 3 is 2.52 bits per heavy atom. The molecule has 33 heavy (non-hydrogen) atoms. The molecular formula is C26H26BrClN4O. The van der Waals surface area contributed by atoms with E-state index >= 15 is 0 Å². The predicted molar refractivity (Wildman–Crippen MR) is 140 cm³/mol. The van der Waals surface area contributed by atoms with E-state index in [0.29, 0.717) is 16.7 Å². The summed E-state index contributed by atoms with van der Waals surface area (Å²) in [5.41, 5.74) is 5.14. The van der Waals surface area contributed by atoms with Crippen LogP contribution in [0.25, 0.3) is 16.6 Å². The number of halogens is 2. The first-order valence-corrected chi connectivity index (χ1v) is 11.9. The van der Waals surface area contributed by atoms with Crippen molar-refractivity contribution in [3.8, 4) is 5.69 Å². The second-order valence-corrected chi connectivity index (χ2v) is 10.6. The summed E-state index contributed by atoms with van der Waals surface area (Å²) in [5.74, 6) is 0.609. The fourth-order valence-corrected chi connectivity index (χ4v) is 4.52. The van der Waals surface area contributed by atoms with E-state index in [-0.39, 0.29) is 11.0 Å². The van der Waals surface area contributed by atoms with Crippen molar-refractivity contribution in [1.82, 2.24) is 14.2 Å². The summed E-state index contributed by atoms with van der Waals surface area (Å²) in [7, 11) is 0. The summed E-state index contributed by atoms with van der Waals surface area (Å²) in [6, 6.07) is 13.5. The van der Waals surface area contributed by atoms with Crippen molar-refractivity contribution in [3.05, 3.63) is 90.7 Å². The molecule has 0 unspecified atom stereocenters. The first-order valence-electron chi connectivity index (χ1n) is 10.7. The lowest BCUT2D eigenvalue weighted by atomic mass is 9.95. The zero-order valence-electron chi connectivity index (χ0n) is 19.6. The number of rotatable bonds is 3. The van der Waals surface area contributed by atoms with Crippen molar-refractivity contribution in [3.63, 3.8) is 0 Å². The SMILES string of the molecule is Cc1c(Cl)cccc1-n1c(C)cc(C=Nn2c(C(C)(C)C)nc3ccc(Br)cc3c2=O)c1C. The number of aryl methyl sites for hydroxylation is 1. The van der Waals surface area contributed by atoms with Crippen LogP contribution in [0, 0.1) is 20.8 Å². The standard InChI is InChI=1S/C26H26BrClN4O/c1-15-12-18(17(3)31(15)23-9-7-8-21(28)16(23)2)14-29-32-24(33)20-13-19(27)10-11-22(20)30-25(32)26(4,5)6/h7-14H,1-6H3. The maximum absolute atomic E-state index is 13.4. The third-order valence-electron chi connectivity index (χ3n) is 5.74. The van der Waals surface area contributed by atoms with Crippen LogP contribution < -0.4 is 5.56 Å². The van der Waals surface area contributed by atoms with Gasteiger partial charge in [0.25, 0.3) is 5.56 Å². The van der Waals surface area contributed by atoms with Gasteiger partial charge in [0, 0.05) is 37.5 Å². The molecule has 0 bridgehead atoms. The predicted octanol–water partition coefficient (Wildman–Crippen LogP) is 6.71. The molecule has 0 fully saturated rings. The van der Waals surface area contributed by atoms with Gasteiger partial charge in [0.05, 0.1) is 17.1 Å². The Bertz CT molecular complexity index is 1470. The van der Waals surface area contributed by atoms with Gasteiger partial charge in [-0.1, -0.05) is 54.4 Å². The Morgan fingerprint density at radius 1 is 1.09 bits per heavy atom. The van der Waals surface area contributed by atoms with Crippen molar-refractivity contribution < 1.29 is 0 Å². The summed E-state index contributed by atoms with van der Waals surface area (Å²) in [6.45, 7) is 12.2. The smallest absolute Gasteiger partial charge is 0.282 e. The van der Waals surface area contributed by atoms with Crippen LogP contribution in [0.1, 0.15) is 49.1 Å². The molecule has 170 valence electrons. The molecule has 0 aliphatic rings. The maximum atomic E-state index is 13.4. The van der Waals surface area contributed by atoms with Crippen LogP contribution in [0.3, 0.4) is 0 Å². The van der Waals surface area contributed by atoms with Gasteiger partial charge in [-0.15, -0.1) is 0 Å². The molecule has 0 N–H and O–H groups in total. The third-order valence-corrected chi connectivity index (χ3v) is 6.64. The minimum absolute atomic E-state index is 0.193.